The third-order valence-corrected chi connectivity index (χ3v) is 11.0. The quantitative estimate of drug-likeness (QED) is 0.200. The van der Waals surface area contributed by atoms with Gasteiger partial charge >= 0.3 is 0 Å². The number of thiophene rings is 1. The molecule has 4 heteroatoms. The van der Waals surface area contributed by atoms with E-state index in [4.69, 9.17) is 9.97 Å². The topological polar surface area (TPSA) is 30.7 Å². The van der Waals surface area contributed by atoms with Gasteiger partial charge in [-0.15, -0.1) is 11.3 Å². The van der Waals surface area contributed by atoms with Crippen LogP contribution in [0.3, 0.4) is 0 Å². The lowest BCUT2D eigenvalue weighted by atomic mass is 9.74. The number of hydrogen-bond donors (Lipinski definition) is 0. The van der Waals surface area contributed by atoms with Gasteiger partial charge in [-0.1, -0.05) is 111 Å². The molecule has 0 unspecified atom stereocenters. The molecule has 4 heterocycles. The molecule has 6 aromatic carbocycles. The van der Waals surface area contributed by atoms with Crippen LogP contribution in [0, 0.1) is 0 Å². The molecule has 0 radical (unpaired) electrons. The van der Waals surface area contributed by atoms with Gasteiger partial charge in [0.15, 0.2) is 5.82 Å². The van der Waals surface area contributed by atoms with E-state index < -0.39 is 0 Å². The summed E-state index contributed by atoms with van der Waals surface area (Å²) in [4.78, 5) is 10.5. The van der Waals surface area contributed by atoms with E-state index in [1.54, 1.807) is 0 Å². The molecule has 3 aromatic heterocycles. The van der Waals surface area contributed by atoms with Crippen molar-refractivity contribution in [2.45, 2.75) is 19.3 Å². The Morgan fingerprint density at radius 1 is 0.600 bits per heavy atom. The third kappa shape index (κ3) is 3.35. The first-order chi connectivity index (χ1) is 22.1. The van der Waals surface area contributed by atoms with Gasteiger partial charge in [-0.3, -0.25) is 0 Å². The second-order valence-corrected chi connectivity index (χ2v) is 13.7. The lowest BCUT2D eigenvalue weighted by molar-refractivity contribution is 0.630. The Bertz CT molecular complexity index is 2690. The average molecular weight is 594 g/mol. The highest BCUT2D eigenvalue weighted by molar-refractivity contribution is 7.26. The van der Waals surface area contributed by atoms with Gasteiger partial charge in [-0.25, -0.2) is 9.97 Å². The first-order valence-corrected chi connectivity index (χ1v) is 16.2. The molecule has 0 amide bonds. The van der Waals surface area contributed by atoms with E-state index in [2.05, 4.69) is 146 Å². The number of benzene rings is 6. The number of para-hydroxylation sites is 2. The van der Waals surface area contributed by atoms with Crippen LogP contribution in [0.4, 0.5) is 0 Å². The van der Waals surface area contributed by atoms with Gasteiger partial charge in [-0.05, 0) is 52.2 Å². The van der Waals surface area contributed by atoms with E-state index in [1.807, 2.05) is 11.3 Å². The molecule has 3 nitrogen and oxygen atoms in total. The number of rotatable bonds is 2. The van der Waals surface area contributed by atoms with Crippen LogP contribution in [-0.2, 0) is 5.41 Å². The first-order valence-electron chi connectivity index (χ1n) is 15.4. The van der Waals surface area contributed by atoms with Crippen molar-refractivity contribution in [1.29, 1.82) is 0 Å². The Hall–Kier alpha value is -5.32. The Balaban J connectivity index is 1.25. The number of hydrogen-bond acceptors (Lipinski definition) is 3. The summed E-state index contributed by atoms with van der Waals surface area (Å²) in [5.41, 5.74) is 10.4. The molecule has 0 fully saturated rings. The second-order valence-electron chi connectivity index (χ2n) is 12.6. The molecule has 10 rings (SSSR count). The van der Waals surface area contributed by atoms with E-state index in [1.165, 1.54) is 58.8 Å². The average Bonchev–Trinajstić information content (AvgIpc) is 3.62. The zero-order chi connectivity index (χ0) is 29.9. The van der Waals surface area contributed by atoms with Gasteiger partial charge in [-0.2, -0.15) is 0 Å². The molecule has 0 atom stereocenters. The molecule has 0 saturated carbocycles. The summed E-state index contributed by atoms with van der Waals surface area (Å²) < 4.78 is 5.21. The van der Waals surface area contributed by atoms with Crippen molar-refractivity contribution in [1.82, 2.24) is 14.5 Å². The highest BCUT2D eigenvalue weighted by Gasteiger charge is 2.36. The van der Waals surface area contributed by atoms with Crippen LogP contribution in [0.5, 0.6) is 0 Å². The molecular formula is C41H27N3S. The van der Waals surface area contributed by atoms with Gasteiger partial charge in [0.05, 0.1) is 32.6 Å². The Kier molecular flexibility index (Phi) is 4.94. The van der Waals surface area contributed by atoms with E-state index in [9.17, 15) is 0 Å². The maximum Gasteiger partial charge on any atom is 0.160 e. The van der Waals surface area contributed by atoms with Crippen molar-refractivity contribution >= 4 is 64.2 Å². The minimum atomic E-state index is -0.202. The molecule has 0 aliphatic carbocycles. The summed E-state index contributed by atoms with van der Waals surface area (Å²) in [6, 6.07) is 45.9. The summed E-state index contributed by atoms with van der Waals surface area (Å²) in [6.45, 7) is 4.71. The molecule has 1 aliphatic rings. The van der Waals surface area contributed by atoms with Crippen LogP contribution in [0.1, 0.15) is 25.0 Å². The lowest BCUT2D eigenvalue weighted by Gasteiger charge is -2.35. The second kappa shape index (κ2) is 8.87. The Morgan fingerprint density at radius 3 is 2.24 bits per heavy atom. The maximum atomic E-state index is 5.33. The van der Waals surface area contributed by atoms with Crippen LogP contribution in [0.25, 0.3) is 81.2 Å². The van der Waals surface area contributed by atoms with Crippen molar-refractivity contribution in [3.8, 4) is 28.3 Å². The summed E-state index contributed by atoms with van der Waals surface area (Å²) in [5.74, 6) is 0.748. The minimum absolute atomic E-state index is 0.202. The molecule has 212 valence electrons. The Morgan fingerprint density at radius 2 is 1.33 bits per heavy atom. The number of nitrogens with zero attached hydrogens (tertiary/aromatic N) is 3. The van der Waals surface area contributed by atoms with Gasteiger partial charge in [0.1, 0.15) is 0 Å². The monoisotopic (exact) mass is 593 g/mol. The van der Waals surface area contributed by atoms with Crippen LogP contribution in [0.2, 0.25) is 0 Å². The Labute approximate surface area is 264 Å². The SMILES string of the molecule is CC1(C)c2cc(-c3nc(-c4cccc5ccccc45)c4ccccc4n3)ccc2-n2c3c1cccc3c1sc3ccccc3c12. The fourth-order valence-electron chi connectivity index (χ4n) is 7.62. The predicted molar refractivity (Wildman–Crippen MR) is 190 cm³/mol. The van der Waals surface area contributed by atoms with E-state index in [0.717, 1.165) is 33.5 Å². The van der Waals surface area contributed by atoms with Gasteiger partial charge < -0.3 is 4.57 Å². The maximum absolute atomic E-state index is 5.33. The van der Waals surface area contributed by atoms with Crippen molar-refractivity contribution in [2.24, 2.45) is 0 Å². The molecule has 0 N–H and O–H groups in total. The van der Waals surface area contributed by atoms with Crippen LogP contribution >= 0.6 is 11.3 Å². The van der Waals surface area contributed by atoms with Crippen molar-refractivity contribution in [3.05, 3.63) is 139 Å². The summed E-state index contributed by atoms with van der Waals surface area (Å²) in [6.07, 6.45) is 0. The molecule has 1 aliphatic heterocycles. The summed E-state index contributed by atoms with van der Waals surface area (Å²) in [5, 5.41) is 6.11. The fraction of sp³-hybridized carbons (Fsp3) is 0.0732. The van der Waals surface area contributed by atoms with Crippen LogP contribution < -0.4 is 0 Å². The molecule has 0 bridgehead atoms. The molecule has 45 heavy (non-hydrogen) atoms. The first kappa shape index (κ1) is 25.1. The fourth-order valence-corrected chi connectivity index (χ4v) is 8.83. The standard InChI is InChI=1S/C41H27N3S/c1-41(2)31-18-10-17-30-37(31)44(38-29-15-6-8-20-35(29)45-39(30)38)34-22-21-25(23-32(34)41)40-42-33-19-7-5-14-28(33)36(43-40)27-16-9-12-24-11-3-4-13-26(24)27/h3-23H,1-2H3. The smallest absolute Gasteiger partial charge is 0.160 e. The zero-order valence-corrected chi connectivity index (χ0v) is 25.7. The largest absolute Gasteiger partial charge is 0.307 e. The third-order valence-electron chi connectivity index (χ3n) is 9.79. The predicted octanol–water partition coefficient (Wildman–Crippen LogP) is 11.1. The van der Waals surface area contributed by atoms with E-state index in [0.29, 0.717) is 0 Å². The highest BCUT2D eigenvalue weighted by Crippen LogP contribution is 2.51. The van der Waals surface area contributed by atoms with Crippen molar-refractivity contribution < 1.29 is 0 Å². The number of fused-ring (bicyclic) bond motifs is 9. The van der Waals surface area contributed by atoms with Crippen molar-refractivity contribution in [3.63, 3.8) is 0 Å². The normalized spacial score (nSPS) is 13.7. The van der Waals surface area contributed by atoms with E-state index >= 15 is 0 Å². The zero-order valence-electron chi connectivity index (χ0n) is 24.9. The molecular weight excluding hydrogens is 567 g/mol. The molecule has 0 saturated heterocycles. The summed E-state index contributed by atoms with van der Waals surface area (Å²) in [7, 11) is 0. The van der Waals surface area contributed by atoms with E-state index in [-0.39, 0.29) is 5.41 Å². The number of aromatic nitrogens is 3. The molecule has 0 spiro atoms. The lowest BCUT2D eigenvalue weighted by Crippen LogP contribution is -2.26. The van der Waals surface area contributed by atoms with Crippen molar-refractivity contribution in [2.75, 3.05) is 0 Å². The van der Waals surface area contributed by atoms with Gasteiger partial charge in [0, 0.05) is 37.4 Å². The molecule has 9 aromatic rings. The van der Waals surface area contributed by atoms with Gasteiger partial charge in [0.2, 0.25) is 0 Å². The minimum Gasteiger partial charge on any atom is -0.307 e. The van der Waals surface area contributed by atoms with Gasteiger partial charge in [0.25, 0.3) is 0 Å². The van der Waals surface area contributed by atoms with Crippen LogP contribution in [-0.4, -0.2) is 14.5 Å². The highest BCUT2D eigenvalue weighted by atomic mass is 32.1. The van der Waals surface area contributed by atoms with Crippen LogP contribution in [0.15, 0.2) is 127 Å². The summed E-state index contributed by atoms with van der Waals surface area (Å²) >= 11 is 1.90.